The monoisotopic (exact) mass is 206 g/mol. The van der Waals surface area contributed by atoms with Gasteiger partial charge in [0.1, 0.15) is 0 Å². The minimum atomic E-state index is 0.699. The van der Waals surface area contributed by atoms with Crippen LogP contribution in [0, 0.1) is 0 Å². The second-order valence-electron chi connectivity index (χ2n) is 3.25. The first-order chi connectivity index (χ1) is 7.24. The molecule has 0 radical (unpaired) electrons. The lowest BCUT2D eigenvalue weighted by Gasteiger charge is -2.22. The summed E-state index contributed by atoms with van der Waals surface area (Å²) in [6.45, 7) is 14.3. The number of hydrogen-bond donors (Lipinski definition) is 0. The summed E-state index contributed by atoms with van der Waals surface area (Å²) in [5, 5.41) is 5.88. The molecule has 0 amide bonds. The number of rotatable bonds is 7. The molecule has 0 rings (SSSR count). The van der Waals surface area contributed by atoms with Crippen LogP contribution in [-0.4, -0.2) is 18.3 Å². The van der Waals surface area contributed by atoms with Gasteiger partial charge in [-0.25, -0.2) is 0 Å². The predicted molar refractivity (Wildman–Crippen MR) is 68.9 cm³/mol. The normalized spacial score (nSPS) is 12.5. The zero-order valence-electron chi connectivity index (χ0n) is 10.2. The van der Waals surface area contributed by atoms with Crippen LogP contribution in [0.2, 0.25) is 0 Å². The summed E-state index contributed by atoms with van der Waals surface area (Å²) in [7, 11) is 0. The Morgan fingerprint density at radius 3 is 2.33 bits per heavy atom. The first-order valence-corrected chi connectivity index (χ1v) is 5.42. The topological polar surface area (TPSA) is 15.6 Å². The Morgan fingerprint density at radius 2 is 2.00 bits per heavy atom. The maximum atomic E-state index is 4.00. The molecule has 0 aliphatic rings. The van der Waals surface area contributed by atoms with Crippen LogP contribution in [0.3, 0.4) is 0 Å². The first kappa shape index (κ1) is 13.7. The molecule has 0 saturated carbocycles. The highest BCUT2D eigenvalue weighted by atomic mass is 15.4. The van der Waals surface area contributed by atoms with Crippen LogP contribution in [0.5, 0.6) is 0 Å². The van der Waals surface area contributed by atoms with E-state index in [9.17, 15) is 0 Å². The highest BCUT2D eigenvalue weighted by Crippen LogP contribution is 2.20. The third-order valence-electron chi connectivity index (χ3n) is 2.22. The van der Waals surface area contributed by atoms with Crippen LogP contribution in [0.1, 0.15) is 33.6 Å². The SMILES string of the molecule is C=CCN(N=C)C(=C\C)/C(=C/C)CCC. The van der Waals surface area contributed by atoms with Crippen molar-refractivity contribution in [1.29, 1.82) is 0 Å². The van der Waals surface area contributed by atoms with E-state index in [-0.39, 0.29) is 0 Å². The molecule has 2 heteroatoms. The van der Waals surface area contributed by atoms with E-state index in [2.05, 4.69) is 44.4 Å². The van der Waals surface area contributed by atoms with Crippen molar-refractivity contribution in [3.63, 3.8) is 0 Å². The Balaban J connectivity index is 4.86. The van der Waals surface area contributed by atoms with Gasteiger partial charge in [-0.3, -0.25) is 5.01 Å². The van der Waals surface area contributed by atoms with Crippen LogP contribution in [-0.2, 0) is 0 Å². The molecule has 0 saturated heterocycles. The Hall–Kier alpha value is -1.31. The Kier molecular flexibility index (Phi) is 7.33. The molecule has 0 aliphatic heterocycles. The van der Waals surface area contributed by atoms with Gasteiger partial charge >= 0.3 is 0 Å². The van der Waals surface area contributed by atoms with E-state index in [1.54, 1.807) is 0 Å². The van der Waals surface area contributed by atoms with Crippen molar-refractivity contribution < 1.29 is 0 Å². The molecule has 84 valence electrons. The molecule has 0 aromatic carbocycles. The minimum Gasteiger partial charge on any atom is -0.262 e. The van der Waals surface area contributed by atoms with E-state index in [1.807, 2.05) is 18.0 Å². The van der Waals surface area contributed by atoms with Crippen molar-refractivity contribution in [3.05, 3.63) is 36.1 Å². The fraction of sp³-hybridized carbons (Fsp3) is 0.462. The highest BCUT2D eigenvalue weighted by Gasteiger charge is 2.09. The van der Waals surface area contributed by atoms with Gasteiger partial charge in [-0.1, -0.05) is 31.6 Å². The fourth-order valence-corrected chi connectivity index (χ4v) is 1.54. The quantitative estimate of drug-likeness (QED) is 0.268. The smallest absolute Gasteiger partial charge is 0.0594 e. The number of hydrogen-bond acceptors (Lipinski definition) is 2. The third-order valence-corrected chi connectivity index (χ3v) is 2.22. The summed E-state index contributed by atoms with van der Waals surface area (Å²) in [6.07, 6.45) is 8.25. The molecule has 15 heavy (non-hydrogen) atoms. The van der Waals surface area contributed by atoms with E-state index in [0.29, 0.717) is 6.54 Å². The van der Waals surface area contributed by atoms with Crippen molar-refractivity contribution in [2.24, 2.45) is 5.10 Å². The van der Waals surface area contributed by atoms with Gasteiger partial charge < -0.3 is 0 Å². The largest absolute Gasteiger partial charge is 0.262 e. The summed E-state index contributed by atoms with van der Waals surface area (Å²) in [4.78, 5) is 0. The van der Waals surface area contributed by atoms with Gasteiger partial charge in [0.25, 0.3) is 0 Å². The lowest BCUT2D eigenvalue weighted by molar-refractivity contribution is 0.411. The van der Waals surface area contributed by atoms with Crippen molar-refractivity contribution in [1.82, 2.24) is 5.01 Å². The summed E-state index contributed by atoms with van der Waals surface area (Å²) in [5.41, 5.74) is 2.45. The fourth-order valence-electron chi connectivity index (χ4n) is 1.54. The Bertz CT molecular complexity index is 262. The van der Waals surface area contributed by atoms with Gasteiger partial charge in [0.05, 0.1) is 12.2 Å². The molecule has 0 aliphatic carbocycles. The van der Waals surface area contributed by atoms with Crippen molar-refractivity contribution in [2.75, 3.05) is 6.54 Å². The molecule has 0 N–H and O–H groups in total. The molecule has 0 bridgehead atoms. The summed E-state index contributed by atoms with van der Waals surface area (Å²) in [5.74, 6) is 0. The van der Waals surface area contributed by atoms with Gasteiger partial charge in [-0.15, -0.1) is 6.58 Å². The maximum Gasteiger partial charge on any atom is 0.0594 e. The lowest BCUT2D eigenvalue weighted by atomic mass is 10.1. The summed E-state index contributed by atoms with van der Waals surface area (Å²) in [6, 6.07) is 0. The Labute approximate surface area is 93.7 Å². The lowest BCUT2D eigenvalue weighted by Crippen LogP contribution is -2.17. The molecule has 0 fully saturated rings. The molecule has 2 nitrogen and oxygen atoms in total. The van der Waals surface area contributed by atoms with Crippen LogP contribution in [0.4, 0.5) is 0 Å². The first-order valence-electron chi connectivity index (χ1n) is 5.42. The average molecular weight is 206 g/mol. The molecule has 0 unspecified atom stereocenters. The number of nitrogens with zero attached hydrogens (tertiary/aromatic N) is 2. The standard InChI is InChI=1S/C13H22N2/c1-6-10-12(8-3)13(9-4)15(14-5)11-7-2/h7-9H,2,5-6,10-11H2,1,3-4H3/b12-8+,13-9-. The maximum absolute atomic E-state index is 4.00. The van der Waals surface area contributed by atoms with E-state index < -0.39 is 0 Å². The Morgan fingerprint density at radius 1 is 1.33 bits per heavy atom. The third kappa shape index (κ3) is 4.15. The van der Waals surface area contributed by atoms with Crippen LogP contribution in [0.25, 0.3) is 0 Å². The minimum absolute atomic E-state index is 0.699. The molecule has 0 aromatic heterocycles. The van der Waals surface area contributed by atoms with Crippen molar-refractivity contribution in [2.45, 2.75) is 33.6 Å². The van der Waals surface area contributed by atoms with Gasteiger partial charge in [0.2, 0.25) is 0 Å². The molecular formula is C13H22N2. The zero-order chi connectivity index (χ0) is 11.7. The number of hydrazone groups is 1. The summed E-state index contributed by atoms with van der Waals surface area (Å²) >= 11 is 0. The molecular weight excluding hydrogens is 184 g/mol. The van der Waals surface area contributed by atoms with E-state index in [0.717, 1.165) is 18.5 Å². The molecule has 0 atom stereocenters. The zero-order valence-corrected chi connectivity index (χ0v) is 10.2. The predicted octanol–water partition coefficient (Wildman–Crippen LogP) is 3.74. The second-order valence-corrected chi connectivity index (χ2v) is 3.25. The molecule has 0 spiro atoms. The van der Waals surface area contributed by atoms with Crippen LogP contribution in [0.15, 0.2) is 41.2 Å². The second kappa shape index (κ2) is 8.04. The molecule has 0 aromatic rings. The van der Waals surface area contributed by atoms with Crippen LogP contribution >= 0.6 is 0 Å². The van der Waals surface area contributed by atoms with Gasteiger partial charge in [-0.05, 0) is 25.8 Å². The van der Waals surface area contributed by atoms with Gasteiger partial charge in [0, 0.05) is 6.72 Å². The summed E-state index contributed by atoms with van der Waals surface area (Å²) < 4.78 is 0. The van der Waals surface area contributed by atoms with Crippen LogP contribution < -0.4 is 0 Å². The van der Waals surface area contributed by atoms with E-state index in [4.69, 9.17) is 0 Å². The van der Waals surface area contributed by atoms with Crippen molar-refractivity contribution in [3.8, 4) is 0 Å². The highest BCUT2D eigenvalue weighted by molar-refractivity contribution is 5.31. The van der Waals surface area contributed by atoms with Gasteiger partial charge in [-0.2, -0.15) is 5.10 Å². The van der Waals surface area contributed by atoms with E-state index in [1.165, 1.54) is 5.57 Å². The number of allylic oxidation sites excluding steroid dienone is 3. The van der Waals surface area contributed by atoms with Gasteiger partial charge in [0.15, 0.2) is 0 Å². The van der Waals surface area contributed by atoms with Crippen molar-refractivity contribution >= 4 is 6.72 Å². The average Bonchev–Trinajstić information content (AvgIpc) is 2.27. The molecule has 0 heterocycles. The van der Waals surface area contributed by atoms with E-state index >= 15 is 0 Å².